The van der Waals surface area contributed by atoms with Crippen molar-refractivity contribution in [1.82, 2.24) is 0 Å². The van der Waals surface area contributed by atoms with Gasteiger partial charge in [0.05, 0.1) is 51.0 Å². The first-order valence-corrected chi connectivity index (χ1v) is 6.18. The summed E-state index contributed by atoms with van der Waals surface area (Å²) in [4.78, 5) is 0. The van der Waals surface area contributed by atoms with Crippen LogP contribution in [0.4, 0.5) is 0 Å². The molecule has 18 heavy (non-hydrogen) atoms. The monoisotopic (exact) mass is 250 g/mol. The van der Waals surface area contributed by atoms with Crippen LogP contribution in [0.15, 0.2) is 24.3 Å². The molecule has 0 atom stereocenters. The Morgan fingerprint density at radius 1 is 1.17 bits per heavy atom. The highest BCUT2D eigenvalue weighted by Gasteiger charge is 2.61. The van der Waals surface area contributed by atoms with Crippen molar-refractivity contribution in [2.75, 3.05) is 40.1 Å². The van der Waals surface area contributed by atoms with E-state index in [2.05, 4.69) is 6.07 Å². The third-order valence-corrected chi connectivity index (χ3v) is 4.39. The lowest BCUT2D eigenvalue weighted by Crippen LogP contribution is -2.68. The molecule has 4 heteroatoms. The van der Waals surface area contributed by atoms with Crippen LogP contribution in [-0.4, -0.2) is 45.3 Å². The Hall–Kier alpha value is -1.10. The number of hydrogen-bond acceptors (Lipinski definition) is 4. The van der Waals surface area contributed by atoms with Gasteiger partial charge in [0, 0.05) is 5.56 Å². The third kappa shape index (κ3) is 1.37. The van der Waals surface area contributed by atoms with Crippen LogP contribution in [0.3, 0.4) is 0 Å². The average Bonchev–Trinajstić information content (AvgIpc) is 2.31. The Morgan fingerprint density at radius 3 is 2.28 bits per heavy atom. The van der Waals surface area contributed by atoms with Gasteiger partial charge < -0.3 is 19.3 Å². The minimum atomic E-state index is -0.222. The Kier molecular flexibility index (Phi) is 2.81. The molecule has 0 amide bonds. The SMILES string of the molecule is COc1ccccc1C1(C2(CO)COC2)COC1. The molecule has 2 saturated heterocycles. The molecule has 2 fully saturated rings. The zero-order valence-corrected chi connectivity index (χ0v) is 10.5. The molecule has 1 aromatic carbocycles. The van der Waals surface area contributed by atoms with Gasteiger partial charge in [-0.25, -0.2) is 0 Å². The quantitative estimate of drug-likeness (QED) is 0.865. The minimum absolute atomic E-state index is 0.119. The Labute approximate surface area is 106 Å². The number of aliphatic hydroxyl groups is 1. The fourth-order valence-electron chi connectivity index (χ4n) is 2.96. The summed E-state index contributed by atoms with van der Waals surface area (Å²) in [5.74, 6) is 0.862. The number of methoxy groups -OCH3 is 1. The highest BCUT2D eigenvalue weighted by Crippen LogP contribution is 2.53. The summed E-state index contributed by atoms with van der Waals surface area (Å²) < 4.78 is 16.3. The zero-order chi connectivity index (χ0) is 12.6. The van der Waals surface area contributed by atoms with Gasteiger partial charge in [-0.1, -0.05) is 18.2 Å². The van der Waals surface area contributed by atoms with E-state index in [0.29, 0.717) is 26.4 Å². The summed E-state index contributed by atoms with van der Waals surface area (Å²) in [5.41, 5.74) is 0.725. The highest BCUT2D eigenvalue weighted by molar-refractivity contribution is 5.44. The molecule has 3 rings (SSSR count). The topological polar surface area (TPSA) is 47.9 Å². The number of aliphatic hydroxyl groups excluding tert-OH is 1. The molecular formula is C14H18O4. The van der Waals surface area contributed by atoms with Crippen LogP contribution < -0.4 is 4.74 Å². The summed E-state index contributed by atoms with van der Waals surface area (Å²) in [7, 11) is 1.68. The van der Waals surface area contributed by atoms with Crippen molar-refractivity contribution in [2.45, 2.75) is 5.41 Å². The van der Waals surface area contributed by atoms with E-state index in [1.54, 1.807) is 7.11 Å². The smallest absolute Gasteiger partial charge is 0.122 e. The molecule has 0 saturated carbocycles. The molecule has 0 radical (unpaired) electrons. The van der Waals surface area contributed by atoms with Gasteiger partial charge in [0.1, 0.15) is 5.75 Å². The van der Waals surface area contributed by atoms with Crippen molar-refractivity contribution in [3.63, 3.8) is 0 Å². The van der Waals surface area contributed by atoms with Crippen LogP contribution in [0.25, 0.3) is 0 Å². The van der Waals surface area contributed by atoms with E-state index in [-0.39, 0.29) is 17.4 Å². The summed E-state index contributed by atoms with van der Waals surface area (Å²) in [6.07, 6.45) is 0. The molecule has 98 valence electrons. The van der Waals surface area contributed by atoms with Gasteiger partial charge in [0.15, 0.2) is 0 Å². The predicted octanol–water partition coefficient (Wildman–Crippen LogP) is 0.972. The molecule has 0 unspecified atom stereocenters. The number of benzene rings is 1. The van der Waals surface area contributed by atoms with E-state index in [9.17, 15) is 5.11 Å². The lowest BCUT2D eigenvalue weighted by Gasteiger charge is -2.58. The third-order valence-electron chi connectivity index (χ3n) is 4.39. The normalized spacial score (nSPS) is 23.9. The van der Waals surface area contributed by atoms with Gasteiger partial charge >= 0.3 is 0 Å². The van der Waals surface area contributed by atoms with Crippen molar-refractivity contribution in [3.8, 4) is 5.75 Å². The number of rotatable bonds is 4. The first-order valence-electron chi connectivity index (χ1n) is 6.18. The zero-order valence-electron chi connectivity index (χ0n) is 10.5. The highest BCUT2D eigenvalue weighted by atomic mass is 16.5. The van der Waals surface area contributed by atoms with Crippen LogP contribution in [0, 0.1) is 5.41 Å². The van der Waals surface area contributed by atoms with Crippen LogP contribution in [0.2, 0.25) is 0 Å². The molecule has 2 heterocycles. The maximum atomic E-state index is 9.79. The molecule has 4 nitrogen and oxygen atoms in total. The standard InChI is InChI=1S/C14H18O4/c1-16-12-5-3-2-4-11(12)14(9-18-10-14)13(6-15)7-17-8-13/h2-5,15H,6-10H2,1H3. The van der Waals surface area contributed by atoms with Gasteiger partial charge in [-0.05, 0) is 6.07 Å². The van der Waals surface area contributed by atoms with E-state index >= 15 is 0 Å². The summed E-state index contributed by atoms with van der Waals surface area (Å²) in [6.45, 7) is 2.54. The van der Waals surface area contributed by atoms with Crippen LogP contribution in [-0.2, 0) is 14.9 Å². The number of para-hydroxylation sites is 1. The Bertz CT molecular complexity index is 430. The molecule has 0 spiro atoms. The number of ether oxygens (including phenoxy) is 3. The van der Waals surface area contributed by atoms with E-state index in [1.807, 2.05) is 18.2 Å². The first-order chi connectivity index (χ1) is 8.78. The fraction of sp³-hybridized carbons (Fsp3) is 0.571. The van der Waals surface area contributed by atoms with Gasteiger partial charge in [-0.15, -0.1) is 0 Å². The Morgan fingerprint density at radius 2 is 1.83 bits per heavy atom. The van der Waals surface area contributed by atoms with Crippen molar-refractivity contribution in [2.24, 2.45) is 5.41 Å². The van der Waals surface area contributed by atoms with Gasteiger partial charge in [0.25, 0.3) is 0 Å². The van der Waals surface area contributed by atoms with E-state index in [0.717, 1.165) is 11.3 Å². The lowest BCUT2D eigenvalue weighted by molar-refractivity contribution is -0.242. The van der Waals surface area contributed by atoms with Crippen LogP contribution in [0.5, 0.6) is 5.75 Å². The summed E-state index contributed by atoms with van der Waals surface area (Å²) in [6, 6.07) is 7.98. The van der Waals surface area contributed by atoms with Gasteiger partial charge in [0.2, 0.25) is 0 Å². The molecule has 2 aliphatic heterocycles. The molecule has 0 aliphatic carbocycles. The molecular weight excluding hydrogens is 232 g/mol. The summed E-state index contributed by atoms with van der Waals surface area (Å²) in [5, 5.41) is 9.79. The second-order valence-electron chi connectivity index (χ2n) is 5.21. The van der Waals surface area contributed by atoms with Gasteiger partial charge in [-0.2, -0.15) is 0 Å². The summed E-state index contributed by atoms with van der Waals surface area (Å²) >= 11 is 0. The van der Waals surface area contributed by atoms with Crippen molar-refractivity contribution < 1.29 is 19.3 Å². The van der Waals surface area contributed by atoms with E-state index in [4.69, 9.17) is 14.2 Å². The van der Waals surface area contributed by atoms with Crippen molar-refractivity contribution in [1.29, 1.82) is 0 Å². The lowest BCUT2D eigenvalue weighted by atomic mass is 9.57. The number of hydrogen-bond donors (Lipinski definition) is 1. The first kappa shape index (κ1) is 12.0. The predicted molar refractivity (Wildman–Crippen MR) is 65.8 cm³/mol. The minimum Gasteiger partial charge on any atom is -0.496 e. The van der Waals surface area contributed by atoms with E-state index < -0.39 is 0 Å². The maximum absolute atomic E-state index is 9.79. The Balaban J connectivity index is 2.06. The molecule has 0 aromatic heterocycles. The largest absolute Gasteiger partial charge is 0.496 e. The fourth-order valence-corrected chi connectivity index (χ4v) is 2.96. The van der Waals surface area contributed by atoms with Crippen molar-refractivity contribution in [3.05, 3.63) is 29.8 Å². The van der Waals surface area contributed by atoms with E-state index in [1.165, 1.54) is 0 Å². The molecule has 2 aliphatic rings. The molecule has 1 N–H and O–H groups in total. The molecule has 0 bridgehead atoms. The van der Waals surface area contributed by atoms with Crippen molar-refractivity contribution >= 4 is 0 Å². The van der Waals surface area contributed by atoms with Gasteiger partial charge in [-0.3, -0.25) is 0 Å². The second kappa shape index (κ2) is 4.23. The maximum Gasteiger partial charge on any atom is 0.122 e. The average molecular weight is 250 g/mol. The van der Waals surface area contributed by atoms with Crippen LogP contribution in [0.1, 0.15) is 5.56 Å². The molecule has 1 aromatic rings. The second-order valence-corrected chi connectivity index (χ2v) is 5.21. The van der Waals surface area contributed by atoms with Crippen LogP contribution >= 0.6 is 0 Å².